The van der Waals surface area contributed by atoms with Gasteiger partial charge in [-0.3, -0.25) is 9.59 Å². The molecule has 1 aliphatic rings. The van der Waals surface area contributed by atoms with Crippen LogP contribution in [0.5, 0.6) is 17.2 Å². The van der Waals surface area contributed by atoms with Crippen LogP contribution in [0.2, 0.25) is 0 Å². The SMILES string of the molecule is COc1cc(C(=O)N2CCN(C(=O)c3ccc4nc[nH]c4c3)CC2)cc(OC)c1OC. The number of aromatic amines is 1. The summed E-state index contributed by atoms with van der Waals surface area (Å²) in [4.78, 5) is 36.6. The number of nitrogens with zero attached hydrogens (tertiary/aromatic N) is 3. The minimum Gasteiger partial charge on any atom is -0.493 e. The Bertz CT molecular complexity index is 1090. The first kappa shape index (κ1) is 20.5. The Morgan fingerprint density at radius 1 is 0.839 bits per heavy atom. The molecule has 2 heterocycles. The van der Waals surface area contributed by atoms with Crippen LogP contribution in [0.4, 0.5) is 0 Å². The molecular weight excluding hydrogens is 400 g/mol. The van der Waals surface area contributed by atoms with Crippen molar-refractivity contribution in [3.63, 3.8) is 0 Å². The highest BCUT2D eigenvalue weighted by Gasteiger charge is 2.27. The molecule has 0 spiro atoms. The maximum absolute atomic E-state index is 13.1. The fourth-order valence-electron chi connectivity index (χ4n) is 3.75. The number of nitrogens with one attached hydrogen (secondary N) is 1. The van der Waals surface area contributed by atoms with E-state index in [-0.39, 0.29) is 11.8 Å². The molecule has 0 atom stereocenters. The van der Waals surface area contributed by atoms with Gasteiger partial charge in [-0.1, -0.05) is 0 Å². The lowest BCUT2D eigenvalue weighted by Crippen LogP contribution is -2.50. The number of hydrogen-bond donors (Lipinski definition) is 1. The van der Waals surface area contributed by atoms with Crippen molar-refractivity contribution in [2.75, 3.05) is 47.5 Å². The van der Waals surface area contributed by atoms with E-state index in [4.69, 9.17) is 14.2 Å². The van der Waals surface area contributed by atoms with E-state index in [1.165, 1.54) is 21.3 Å². The third-order valence-electron chi connectivity index (χ3n) is 5.43. The number of ether oxygens (including phenoxy) is 3. The summed E-state index contributed by atoms with van der Waals surface area (Å²) in [5.74, 6) is 1.08. The van der Waals surface area contributed by atoms with Crippen LogP contribution in [0.1, 0.15) is 20.7 Å². The molecule has 1 fully saturated rings. The first-order valence-corrected chi connectivity index (χ1v) is 9.87. The van der Waals surface area contributed by atoms with E-state index in [2.05, 4.69) is 9.97 Å². The Labute approximate surface area is 179 Å². The fraction of sp³-hybridized carbons (Fsp3) is 0.318. The van der Waals surface area contributed by atoms with Gasteiger partial charge in [0.25, 0.3) is 11.8 Å². The Hall–Kier alpha value is -3.75. The Morgan fingerprint density at radius 3 is 1.97 bits per heavy atom. The lowest BCUT2D eigenvalue weighted by molar-refractivity contribution is 0.0535. The van der Waals surface area contributed by atoms with Gasteiger partial charge >= 0.3 is 0 Å². The van der Waals surface area contributed by atoms with E-state index in [1.807, 2.05) is 6.07 Å². The molecule has 9 heteroatoms. The van der Waals surface area contributed by atoms with Crippen LogP contribution in [0.15, 0.2) is 36.7 Å². The van der Waals surface area contributed by atoms with Crippen molar-refractivity contribution in [3.8, 4) is 17.2 Å². The zero-order valence-electron chi connectivity index (χ0n) is 17.7. The fourth-order valence-corrected chi connectivity index (χ4v) is 3.75. The highest BCUT2D eigenvalue weighted by Crippen LogP contribution is 2.38. The van der Waals surface area contributed by atoms with Gasteiger partial charge in [-0.25, -0.2) is 4.98 Å². The van der Waals surface area contributed by atoms with E-state index in [0.29, 0.717) is 54.6 Å². The quantitative estimate of drug-likeness (QED) is 0.674. The molecule has 0 radical (unpaired) electrons. The second kappa shape index (κ2) is 8.55. The third-order valence-corrected chi connectivity index (χ3v) is 5.43. The molecule has 4 rings (SSSR count). The highest BCUT2D eigenvalue weighted by molar-refractivity contribution is 5.98. The number of amides is 2. The number of carbonyl (C=O) groups excluding carboxylic acids is 2. The van der Waals surface area contributed by atoms with E-state index < -0.39 is 0 Å². The lowest BCUT2D eigenvalue weighted by atomic mass is 10.1. The van der Waals surface area contributed by atoms with Crippen molar-refractivity contribution in [2.24, 2.45) is 0 Å². The number of rotatable bonds is 5. The Kier molecular flexibility index (Phi) is 5.66. The molecular formula is C22H24N4O5. The predicted molar refractivity (Wildman–Crippen MR) is 114 cm³/mol. The monoisotopic (exact) mass is 424 g/mol. The summed E-state index contributed by atoms with van der Waals surface area (Å²) >= 11 is 0. The molecule has 0 aliphatic carbocycles. The molecule has 1 aliphatic heterocycles. The average molecular weight is 424 g/mol. The molecule has 1 saturated heterocycles. The number of fused-ring (bicyclic) bond motifs is 1. The summed E-state index contributed by atoms with van der Waals surface area (Å²) in [7, 11) is 4.54. The number of H-pyrrole nitrogens is 1. The van der Waals surface area contributed by atoms with Crippen molar-refractivity contribution in [1.29, 1.82) is 0 Å². The average Bonchev–Trinajstić information content (AvgIpc) is 3.30. The second-order valence-corrected chi connectivity index (χ2v) is 7.13. The molecule has 1 aromatic heterocycles. The summed E-state index contributed by atoms with van der Waals surface area (Å²) in [5.41, 5.74) is 2.68. The smallest absolute Gasteiger partial charge is 0.254 e. The van der Waals surface area contributed by atoms with Crippen molar-refractivity contribution in [1.82, 2.24) is 19.8 Å². The Balaban J connectivity index is 1.45. The van der Waals surface area contributed by atoms with Gasteiger partial charge in [-0.2, -0.15) is 0 Å². The number of hydrogen-bond acceptors (Lipinski definition) is 6. The van der Waals surface area contributed by atoms with Crippen molar-refractivity contribution < 1.29 is 23.8 Å². The first-order valence-electron chi connectivity index (χ1n) is 9.87. The molecule has 0 bridgehead atoms. The number of imidazole rings is 1. The number of carbonyl (C=O) groups is 2. The normalized spacial score (nSPS) is 13.9. The summed E-state index contributed by atoms with van der Waals surface area (Å²) in [6.45, 7) is 1.78. The zero-order valence-corrected chi connectivity index (χ0v) is 17.7. The Morgan fingerprint density at radius 2 is 1.42 bits per heavy atom. The van der Waals surface area contributed by atoms with Crippen LogP contribution < -0.4 is 14.2 Å². The van der Waals surface area contributed by atoms with Gasteiger partial charge in [0.2, 0.25) is 5.75 Å². The molecule has 2 amide bonds. The number of aromatic nitrogens is 2. The first-order chi connectivity index (χ1) is 15.0. The van der Waals surface area contributed by atoms with Gasteiger partial charge in [-0.15, -0.1) is 0 Å². The van der Waals surface area contributed by atoms with Crippen LogP contribution in [-0.4, -0.2) is 79.1 Å². The van der Waals surface area contributed by atoms with Gasteiger partial charge in [-0.05, 0) is 30.3 Å². The molecule has 1 N–H and O–H groups in total. The van der Waals surface area contributed by atoms with E-state index in [9.17, 15) is 9.59 Å². The zero-order chi connectivity index (χ0) is 22.0. The van der Waals surface area contributed by atoms with Gasteiger partial charge in [0, 0.05) is 37.3 Å². The van der Waals surface area contributed by atoms with Gasteiger partial charge in [0.05, 0.1) is 38.7 Å². The van der Waals surface area contributed by atoms with Crippen molar-refractivity contribution in [2.45, 2.75) is 0 Å². The molecule has 2 aromatic carbocycles. The van der Waals surface area contributed by atoms with Crippen molar-refractivity contribution in [3.05, 3.63) is 47.8 Å². The van der Waals surface area contributed by atoms with Crippen LogP contribution in [0, 0.1) is 0 Å². The standard InChI is InChI=1S/C22H24N4O5/c1-29-18-11-15(12-19(30-2)20(18)31-3)22(28)26-8-6-25(7-9-26)21(27)14-4-5-16-17(10-14)24-13-23-16/h4-5,10-13H,6-9H2,1-3H3,(H,23,24). The van der Waals surface area contributed by atoms with Gasteiger partial charge in [0.15, 0.2) is 11.5 Å². The van der Waals surface area contributed by atoms with Gasteiger partial charge in [0.1, 0.15) is 0 Å². The number of benzene rings is 2. The minimum absolute atomic E-state index is 0.0589. The van der Waals surface area contributed by atoms with Crippen LogP contribution >= 0.6 is 0 Å². The van der Waals surface area contributed by atoms with Crippen LogP contribution in [-0.2, 0) is 0 Å². The summed E-state index contributed by atoms with van der Waals surface area (Å²) < 4.78 is 16.0. The molecule has 3 aromatic rings. The van der Waals surface area contributed by atoms with Crippen LogP contribution in [0.3, 0.4) is 0 Å². The lowest BCUT2D eigenvalue weighted by Gasteiger charge is -2.35. The van der Waals surface area contributed by atoms with E-state index >= 15 is 0 Å². The molecule has 0 saturated carbocycles. The summed E-state index contributed by atoms with van der Waals surface area (Å²) in [6.07, 6.45) is 1.60. The third kappa shape index (κ3) is 3.86. The topological polar surface area (TPSA) is 97.0 Å². The largest absolute Gasteiger partial charge is 0.493 e. The summed E-state index contributed by atoms with van der Waals surface area (Å²) in [6, 6.07) is 8.68. The van der Waals surface area contributed by atoms with Crippen LogP contribution in [0.25, 0.3) is 11.0 Å². The van der Waals surface area contributed by atoms with Gasteiger partial charge < -0.3 is 29.0 Å². The molecule has 31 heavy (non-hydrogen) atoms. The molecule has 9 nitrogen and oxygen atoms in total. The molecule has 0 unspecified atom stereocenters. The van der Waals surface area contributed by atoms with Crippen molar-refractivity contribution >= 4 is 22.8 Å². The second-order valence-electron chi connectivity index (χ2n) is 7.13. The highest BCUT2D eigenvalue weighted by atomic mass is 16.5. The summed E-state index contributed by atoms with van der Waals surface area (Å²) in [5, 5.41) is 0. The maximum atomic E-state index is 13.1. The molecule has 162 valence electrons. The van der Waals surface area contributed by atoms with E-state index in [0.717, 1.165) is 11.0 Å². The van der Waals surface area contributed by atoms with E-state index in [1.54, 1.807) is 40.4 Å². The number of piperazine rings is 1. The number of methoxy groups -OCH3 is 3. The predicted octanol–water partition coefficient (Wildman–Crippen LogP) is 2.19. The minimum atomic E-state index is -0.148. The maximum Gasteiger partial charge on any atom is 0.254 e.